The van der Waals surface area contributed by atoms with E-state index in [1.807, 2.05) is 18.2 Å². The quantitative estimate of drug-likeness (QED) is 0.159. The third kappa shape index (κ3) is 6.00. The molecule has 1 aliphatic heterocycles. The van der Waals surface area contributed by atoms with Crippen LogP contribution in [0.4, 0.5) is 0 Å². The fourth-order valence-electron chi connectivity index (χ4n) is 8.21. The standard InChI is InChI=1S/C52H37N3/c1-34-50(38-18-7-3-8-19-38)54-52(40-20-9-4-10-21-40)55-51(34)39-28-26-37(27-29-39)45-32-48-49(44-24-14-13-23-43(44)45)46(36-16-5-2-6-17-36)33-47(53-48)42-30-25-35-15-11-12-22-41(35)31-42/h2-34,51H,1H3. The highest BCUT2D eigenvalue weighted by atomic mass is 15.0. The molecule has 2 atom stereocenters. The SMILES string of the molecule is CC1C(c2ccccc2)=NC(c2ccccc2)=NC1c1ccc(-c2cc3nc(-c4ccc5ccccc5c4)cc(-c4ccccc4)c3c3ccccc23)cc1. The zero-order chi connectivity index (χ0) is 36.7. The second-order valence-corrected chi connectivity index (χ2v) is 14.4. The summed E-state index contributed by atoms with van der Waals surface area (Å²) >= 11 is 0. The molecule has 0 spiro atoms. The lowest BCUT2D eigenvalue weighted by molar-refractivity contribution is 0.592. The molecule has 1 aromatic heterocycles. The number of benzene rings is 8. The highest BCUT2D eigenvalue weighted by Crippen LogP contribution is 2.42. The topological polar surface area (TPSA) is 37.6 Å². The fourth-order valence-corrected chi connectivity index (χ4v) is 8.21. The lowest BCUT2D eigenvalue weighted by Crippen LogP contribution is -2.26. The molecule has 0 saturated heterocycles. The maximum Gasteiger partial charge on any atom is 0.155 e. The predicted octanol–water partition coefficient (Wildman–Crippen LogP) is 13.2. The minimum absolute atomic E-state index is 0.0788. The van der Waals surface area contributed by atoms with Gasteiger partial charge in [-0.25, -0.2) is 9.98 Å². The van der Waals surface area contributed by atoms with E-state index in [2.05, 4.69) is 183 Å². The minimum Gasteiger partial charge on any atom is -0.257 e. The van der Waals surface area contributed by atoms with Gasteiger partial charge < -0.3 is 0 Å². The summed E-state index contributed by atoms with van der Waals surface area (Å²) in [5.41, 5.74) is 12.1. The molecule has 0 radical (unpaired) electrons. The molecule has 0 bridgehead atoms. The lowest BCUT2D eigenvalue weighted by Gasteiger charge is -2.28. The van der Waals surface area contributed by atoms with E-state index in [1.54, 1.807) is 0 Å². The highest BCUT2D eigenvalue weighted by Gasteiger charge is 2.29. The number of aliphatic imine (C=N–C) groups is 2. The molecule has 55 heavy (non-hydrogen) atoms. The lowest BCUT2D eigenvalue weighted by atomic mass is 9.85. The van der Waals surface area contributed by atoms with Gasteiger partial charge in [0.25, 0.3) is 0 Å². The average molecular weight is 704 g/mol. The first-order valence-corrected chi connectivity index (χ1v) is 19.0. The van der Waals surface area contributed by atoms with Gasteiger partial charge in [-0.15, -0.1) is 0 Å². The number of nitrogens with zero attached hydrogens (tertiary/aromatic N) is 3. The summed E-state index contributed by atoms with van der Waals surface area (Å²) in [6.07, 6.45) is 0. The molecule has 9 aromatic rings. The molecule has 0 N–H and O–H groups in total. The van der Waals surface area contributed by atoms with Crippen molar-refractivity contribution >= 4 is 44.0 Å². The van der Waals surface area contributed by atoms with Gasteiger partial charge in [0.2, 0.25) is 0 Å². The maximum absolute atomic E-state index is 5.42. The van der Waals surface area contributed by atoms with Crippen LogP contribution in [0.3, 0.4) is 0 Å². The van der Waals surface area contributed by atoms with Crippen LogP contribution in [0.15, 0.2) is 204 Å². The molecule has 3 nitrogen and oxygen atoms in total. The monoisotopic (exact) mass is 703 g/mol. The van der Waals surface area contributed by atoms with E-state index in [4.69, 9.17) is 15.0 Å². The third-order valence-electron chi connectivity index (χ3n) is 11.0. The first kappa shape index (κ1) is 32.7. The minimum atomic E-state index is -0.0788. The summed E-state index contributed by atoms with van der Waals surface area (Å²) in [5.74, 6) is 0.867. The van der Waals surface area contributed by atoms with Gasteiger partial charge >= 0.3 is 0 Å². The first-order chi connectivity index (χ1) is 27.2. The van der Waals surface area contributed by atoms with Gasteiger partial charge in [-0.1, -0.05) is 183 Å². The van der Waals surface area contributed by atoms with Crippen LogP contribution < -0.4 is 0 Å². The predicted molar refractivity (Wildman–Crippen MR) is 231 cm³/mol. The second-order valence-electron chi connectivity index (χ2n) is 14.4. The van der Waals surface area contributed by atoms with Crippen LogP contribution in [0.2, 0.25) is 0 Å². The van der Waals surface area contributed by atoms with Crippen molar-refractivity contribution in [3.63, 3.8) is 0 Å². The fraction of sp³-hybridized carbons (Fsp3) is 0.0577. The van der Waals surface area contributed by atoms with Crippen molar-refractivity contribution in [3.8, 4) is 33.5 Å². The zero-order valence-electron chi connectivity index (χ0n) is 30.5. The van der Waals surface area contributed by atoms with Gasteiger partial charge in [0, 0.05) is 22.4 Å². The van der Waals surface area contributed by atoms with Crippen molar-refractivity contribution in [2.24, 2.45) is 15.9 Å². The van der Waals surface area contributed by atoms with Crippen LogP contribution in [-0.2, 0) is 0 Å². The Bertz CT molecular complexity index is 2910. The van der Waals surface area contributed by atoms with E-state index < -0.39 is 0 Å². The number of rotatable bonds is 6. The Kier molecular flexibility index (Phi) is 8.18. The van der Waals surface area contributed by atoms with Crippen LogP contribution in [-0.4, -0.2) is 16.5 Å². The van der Waals surface area contributed by atoms with Crippen LogP contribution >= 0.6 is 0 Å². The molecule has 0 amide bonds. The van der Waals surface area contributed by atoms with E-state index in [-0.39, 0.29) is 12.0 Å². The number of hydrogen-bond donors (Lipinski definition) is 0. The highest BCUT2D eigenvalue weighted by molar-refractivity contribution is 6.18. The van der Waals surface area contributed by atoms with Crippen molar-refractivity contribution in [2.45, 2.75) is 13.0 Å². The largest absolute Gasteiger partial charge is 0.257 e. The van der Waals surface area contributed by atoms with Crippen LogP contribution in [0.5, 0.6) is 0 Å². The number of pyridine rings is 1. The molecular formula is C52H37N3. The third-order valence-corrected chi connectivity index (χ3v) is 11.0. The summed E-state index contributed by atoms with van der Waals surface area (Å²) in [4.78, 5) is 15.8. The van der Waals surface area contributed by atoms with Crippen molar-refractivity contribution in [1.82, 2.24) is 4.98 Å². The van der Waals surface area contributed by atoms with Gasteiger partial charge in [0.05, 0.1) is 23.0 Å². The normalized spacial score (nSPS) is 15.6. The van der Waals surface area contributed by atoms with E-state index >= 15 is 0 Å². The number of amidine groups is 1. The Morgan fingerprint density at radius 1 is 0.436 bits per heavy atom. The summed E-state index contributed by atoms with van der Waals surface area (Å²) in [6, 6.07) is 69.0. The number of hydrogen-bond acceptors (Lipinski definition) is 3. The molecule has 8 aromatic carbocycles. The smallest absolute Gasteiger partial charge is 0.155 e. The summed E-state index contributed by atoms with van der Waals surface area (Å²) in [7, 11) is 0. The molecule has 2 heterocycles. The van der Waals surface area contributed by atoms with E-state index in [9.17, 15) is 0 Å². The second kappa shape index (κ2) is 13.8. The van der Waals surface area contributed by atoms with Crippen LogP contribution in [0.25, 0.3) is 66.0 Å². The summed E-state index contributed by atoms with van der Waals surface area (Å²) in [5, 5.41) is 5.99. The van der Waals surface area contributed by atoms with Gasteiger partial charge in [-0.2, -0.15) is 0 Å². The molecule has 1 aliphatic rings. The van der Waals surface area contributed by atoms with E-state index in [0.717, 1.165) is 50.6 Å². The number of fused-ring (bicyclic) bond motifs is 4. The van der Waals surface area contributed by atoms with Crippen LogP contribution in [0, 0.1) is 5.92 Å². The Hall–Kier alpha value is -6.97. The number of aromatic nitrogens is 1. The molecule has 0 fully saturated rings. The van der Waals surface area contributed by atoms with Crippen molar-refractivity contribution in [1.29, 1.82) is 0 Å². The summed E-state index contributed by atoms with van der Waals surface area (Å²) in [6.45, 7) is 2.25. The zero-order valence-corrected chi connectivity index (χ0v) is 30.5. The van der Waals surface area contributed by atoms with Gasteiger partial charge in [-0.05, 0) is 73.1 Å². The molecule has 0 aliphatic carbocycles. The Balaban J connectivity index is 1.11. The molecule has 260 valence electrons. The summed E-state index contributed by atoms with van der Waals surface area (Å²) < 4.78 is 0. The maximum atomic E-state index is 5.42. The Labute approximate surface area is 321 Å². The van der Waals surface area contributed by atoms with E-state index in [0.29, 0.717) is 0 Å². The Morgan fingerprint density at radius 2 is 1.02 bits per heavy atom. The molecule has 10 rings (SSSR count). The average Bonchev–Trinajstić information content (AvgIpc) is 3.26. The molecular weight excluding hydrogens is 667 g/mol. The Morgan fingerprint density at radius 3 is 1.75 bits per heavy atom. The molecule has 0 saturated carbocycles. The van der Waals surface area contributed by atoms with Gasteiger partial charge in [-0.3, -0.25) is 4.99 Å². The van der Waals surface area contributed by atoms with E-state index in [1.165, 1.54) is 43.6 Å². The van der Waals surface area contributed by atoms with Crippen molar-refractivity contribution in [2.75, 3.05) is 0 Å². The van der Waals surface area contributed by atoms with Gasteiger partial charge in [0.1, 0.15) is 0 Å². The molecule has 2 unspecified atom stereocenters. The first-order valence-electron chi connectivity index (χ1n) is 19.0. The van der Waals surface area contributed by atoms with Gasteiger partial charge in [0.15, 0.2) is 5.84 Å². The van der Waals surface area contributed by atoms with Crippen LogP contribution in [0.1, 0.15) is 29.7 Å². The van der Waals surface area contributed by atoms with Crippen molar-refractivity contribution < 1.29 is 0 Å². The molecule has 3 heteroatoms. The van der Waals surface area contributed by atoms with Crippen molar-refractivity contribution in [3.05, 3.63) is 211 Å².